The molecule has 9 heteroatoms. The highest BCUT2D eigenvalue weighted by Crippen LogP contribution is 2.42. The molecule has 1 saturated carbocycles. The average Bonchev–Trinajstić information content (AvgIpc) is 3.65. The van der Waals surface area contributed by atoms with Crippen LogP contribution in [0.4, 0.5) is 0 Å². The average molecular weight is 614 g/mol. The quantitative estimate of drug-likeness (QED) is 0.274. The monoisotopic (exact) mass is 613 g/mol. The number of aromatic nitrogens is 2. The first-order valence-electron chi connectivity index (χ1n) is 16.2. The summed E-state index contributed by atoms with van der Waals surface area (Å²) in [5.74, 6) is -0.240. The molecule has 6 atom stereocenters. The highest BCUT2D eigenvalue weighted by atomic mass is 16.5. The number of benzene rings is 2. The SMILES string of the molecule is COc1ccc2nc3c(nc2c1)O[C@H]1CN(C(=O)[C@H](C(C)(C)C)CC(=O)O[C@@H]2C[C@H]2CCCCC3)[C@H](C=O)[C@@H]1c1ccccc1. The van der Waals surface area contributed by atoms with Crippen molar-refractivity contribution in [1.29, 1.82) is 0 Å². The van der Waals surface area contributed by atoms with Crippen molar-refractivity contribution in [3.05, 3.63) is 59.8 Å². The number of esters is 1. The lowest BCUT2D eigenvalue weighted by atomic mass is 9.77. The number of aldehydes is 1. The molecular formula is C36H43N3O6. The Morgan fingerprint density at radius 2 is 1.76 bits per heavy atom. The van der Waals surface area contributed by atoms with Crippen LogP contribution in [0.3, 0.4) is 0 Å². The maximum absolute atomic E-state index is 14.4. The van der Waals surface area contributed by atoms with Crippen molar-refractivity contribution in [2.75, 3.05) is 13.7 Å². The van der Waals surface area contributed by atoms with Crippen LogP contribution in [-0.2, 0) is 25.5 Å². The van der Waals surface area contributed by atoms with Crippen molar-refractivity contribution in [3.8, 4) is 11.6 Å². The van der Waals surface area contributed by atoms with Crippen molar-refractivity contribution < 1.29 is 28.6 Å². The zero-order valence-corrected chi connectivity index (χ0v) is 26.6. The van der Waals surface area contributed by atoms with E-state index >= 15 is 0 Å². The van der Waals surface area contributed by atoms with E-state index in [9.17, 15) is 14.4 Å². The van der Waals surface area contributed by atoms with Crippen molar-refractivity contribution in [2.45, 2.75) is 89.9 Å². The molecule has 6 rings (SSSR count). The Labute approximate surface area is 264 Å². The molecule has 1 aromatic heterocycles. The zero-order chi connectivity index (χ0) is 31.7. The number of hydrogen-bond donors (Lipinski definition) is 0. The smallest absolute Gasteiger partial charge is 0.306 e. The summed E-state index contributed by atoms with van der Waals surface area (Å²) in [7, 11) is 1.61. The van der Waals surface area contributed by atoms with Gasteiger partial charge in [0, 0.05) is 6.07 Å². The Kier molecular flexibility index (Phi) is 8.80. The molecular weight excluding hydrogens is 570 g/mol. The lowest BCUT2D eigenvalue weighted by molar-refractivity contribution is -0.153. The number of methoxy groups -OCH3 is 1. The van der Waals surface area contributed by atoms with Crippen LogP contribution in [0.5, 0.6) is 11.6 Å². The molecule has 2 bridgehead atoms. The number of carbonyl (C=O) groups excluding carboxylic acids is 3. The summed E-state index contributed by atoms with van der Waals surface area (Å²) in [5, 5.41) is 0. The van der Waals surface area contributed by atoms with Gasteiger partial charge in [-0.05, 0) is 54.7 Å². The van der Waals surface area contributed by atoms with Gasteiger partial charge in [-0.3, -0.25) is 9.59 Å². The lowest BCUT2D eigenvalue weighted by Gasteiger charge is -2.34. The molecule has 2 aromatic carbocycles. The van der Waals surface area contributed by atoms with Crippen LogP contribution in [0.2, 0.25) is 0 Å². The molecule has 3 aliphatic rings. The molecule has 1 saturated heterocycles. The fourth-order valence-corrected chi connectivity index (χ4v) is 6.91. The third-order valence-corrected chi connectivity index (χ3v) is 9.63. The maximum atomic E-state index is 14.4. The van der Waals surface area contributed by atoms with Gasteiger partial charge in [0.05, 0.1) is 49.0 Å². The number of hydrogen-bond acceptors (Lipinski definition) is 8. The molecule has 238 valence electrons. The Morgan fingerprint density at radius 1 is 0.956 bits per heavy atom. The fourth-order valence-electron chi connectivity index (χ4n) is 6.91. The molecule has 0 radical (unpaired) electrons. The summed E-state index contributed by atoms with van der Waals surface area (Å²) in [4.78, 5) is 51.9. The van der Waals surface area contributed by atoms with Gasteiger partial charge < -0.3 is 23.9 Å². The number of amides is 1. The van der Waals surface area contributed by atoms with Gasteiger partial charge in [-0.2, -0.15) is 0 Å². The summed E-state index contributed by atoms with van der Waals surface area (Å²) < 4.78 is 18.0. The largest absolute Gasteiger partial charge is 0.497 e. The standard InChI is InChI=1S/C36H43N3O6/c1-36(2,3)25-19-32(41)44-30-17-23(30)13-9-6-10-14-27-34(38-28-18-24(43-4)15-16-26(28)37-27)45-31-20-39(35(25)42)29(21-40)33(31)22-11-7-5-8-12-22/h5,7-8,11-12,15-16,18,21,23,25,29-31,33H,6,9-10,13-14,17,19-20H2,1-4H3/t23-,25-,29-,30-,31+,33+/m1/s1. The predicted molar refractivity (Wildman–Crippen MR) is 169 cm³/mol. The number of carbonyl (C=O) groups is 3. The third kappa shape index (κ3) is 6.67. The van der Waals surface area contributed by atoms with Gasteiger partial charge in [0.2, 0.25) is 11.8 Å². The van der Waals surface area contributed by atoms with Crippen molar-refractivity contribution in [2.24, 2.45) is 17.3 Å². The lowest BCUT2D eigenvalue weighted by Crippen LogP contribution is -2.46. The fraction of sp³-hybridized carbons (Fsp3) is 0.528. The molecule has 2 fully saturated rings. The minimum absolute atomic E-state index is 0.0305. The highest BCUT2D eigenvalue weighted by molar-refractivity contribution is 5.87. The third-order valence-electron chi connectivity index (χ3n) is 9.63. The Hall–Kier alpha value is -4.01. The molecule has 2 aliphatic heterocycles. The van der Waals surface area contributed by atoms with Crippen LogP contribution in [0.15, 0.2) is 48.5 Å². The number of fused-ring (bicyclic) bond motifs is 5. The van der Waals surface area contributed by atoms with Gasteiger partial charge in [0.25, 0.3) is 0 Å². The molecule has 1 aliphatic carbocycles. The first-order valence-corrected chi connectivity index (χ1v) is 16.2. The van der Waals surface area contributed by atoms with Crippen molar-refractivity contribution in [3.63, 3.8) is 0 Å². The van der Waals surface area contributed by atoms with Crippen LogP contribution in [0.25, 0.3) is 11.0 Å². The van der Waals surface area contributed by atoms with Gasteiger partial charge in [-0.25, -0.2) is 9.97 Å². The van der Waals surface area contributed by atoms with E-state index in [1.807, 2.05) is 69.3 Å². The predicted octanol–water partition coefficient (Wildman–Crippen LogP) is 5.68. The molecule has 3 aromatic rings. The Bertz CT molecular complexity index is 1550. The Morgan fingerprint density at radius 3 is 2.49 bits per heavy atom. The van der Waals surface area contributed by atoms with Crippen LogP contribution in [0.1, 0.15) is 76.5 Å². The molecule has 45 heavy (non-hydrogen) atoms. The summed E-state index contributed by atoms with van der Waals surface area (Å²) in [6, 6.07) is 14.5. The van der Waals surface area contributed by atoms with E-state index in [4.69, 9.17) is 24.2 Å². The molecule has 9 nitrogen and oxygen atoms in total. The van der Waals surface area contributed by atoms with Gasteiger partial charge >= 0.3 is 5.97 Å². The molecule has 0 N–H and O–H groups in total. The Balaban J connectivity index is 1.42. The first-order chi connectivity index (χ1) is 21.7. The number of ether oxygens (including phenoxy) is 3. The van der Waals surface area contributed by atoms with E-state index in [0.717, 1.165) is 55.2 Å². The topological polar surface area (TPSA) is 108 Å². The van der Waals surface area contributed by atoms with Crippen molar-refractivity contribution in [1.82, 2.24) is 14.9 Å². The first kappa shape index (κ1) is 31.0. The summed E-state index contributed by atoms with van der Waals surface area (Å²) in [6.07, 6.45) is 5.68. The number of nitrogens with zero attached hydrogens (tertiary/aromatic N) is 3. The second-order valence-corrected chi connectivity index (χ2v) is 13.8. The van der Waals surface area contributed by atoms with Crippen LogP contribution < -0.4 is 9.47 Å². The summed E-state index contributed by atoms with van der Waals surface area (Å²) in [6.45, 7) is 6.03. The minimum Gasteiger partial charge on any atom is -0.497 e. The second-order valence-electron chi connectivity index (χ2n) is 13.8. The minimum atomic E-state index is -0.780. The second kappa shape index (κ2) is 12.8. The van der Waals surface area contributed by atoms with Gasteiger partial charge in [0.1, 0.15) is 29.9 Å². The van der Waals surface area contributed by atoms with Gasteiger partial charge in [-0.15, -0.1) is 0 Å². The number of rotatable bonds is 3. The maximum Gasteiger partial charge on any atom is 0.306 e. The van der Waals surface area contributed by atoms with E-state index in [0.29, 0.717) is 29.5 Å². The van der Waals surface area contributed by atoms with E-state index in [2.05, 4.69) is 0 Å². The summed E-state index contributed by atoms with van der Waals surface area (Å²) in [5.41, 5.74) is 2.52. The highest BCUT2D eigenvalue weighted by Gasteiger charge is 2.50. The van der Waals surface area contributed by atoms with Gasteiger partial charge in [-0.1, -0.05) is 63.9 Å². The summed E-state index contributed by atoms with van der Waals surface area (Å²) >= 11 is 0. The molecule has 1 amide bonds. The zero-order valence-electron chi connectivity index (χ0n) is 26.6. The van der Waals surface area contributed by atoms with Gasteiger partial charge in [0.15, 0.2) is 0 Å². The van der Waals surface area contributed by atoms with E-state index in [-0.39, 0.29) is 30.9 Å². The molecule has 3 heterocycles. The van der Waals surface area contributed by atoms with Crippen LogP contribution >= 0.6 is 0 Å². The van der Waals surface area contributed by atoms with Crippen molar-refractivity contribution >= 4 is 29.2 Å². The van der Waals surface area contributed by atoms with E-state index < -0.39 is 29.4 Å². The van der Waals surface area contributed by atoms with Crippen LogP contribution in [-0.4, -0.2) is 64.9 Å². The molecule has 0 unspecified atom stereocenters. The van der Waals surface area contributed by atoms with E-state index in [1.165, 1.54) is 0 Å². The molecule has 0 spiro atoms. The van der Waals surface area contributed by atoms with E-state index in [1.54, 1.807) is 12.0 Å². The number of aryl methyl sites for hydroxylation is 1. The normalized spacial score (nSPS) is 27.8. The van der Waals surface area contributed by atoms with Crippen LogP contribution in [0, 0.1) is 17.3 Å².